The van der Waals surface area contributed by atoms with Gasteiger partial charge < -0.3 is 18.9 Å². The highest BCUT2D eigenvalue weighted by Gasteiger charge is 2.67. The zero-order chi connectivity index (χ0) is 26.9. The molecule has 2 saturated carbocycles. The smallest absolute Gasteiger partial charge is 0.331 e. The number of hydrogen-bond donors (Lipinski definition) is 0. The van der Waals surface area contributed by atoms with Gasteiger partial charge in [-0.3, -0.25) is 14.4 Å². The number of Topliss-reactive ketones (excluding diaryl/α,β-unsaturated/α-hetero) is 1. The van der Waals surface area contributed by atoms with Gasteiger partial charge in [-0.1, -0.05) is 32.9 Å². The van der Waals surface area contributed by atoms with E-state index in [-0.39, 0.29) is 30.0 Å². The summed E-state index contributed by atoms with van der Waals surface area (Å²) < 4.78 is 23.3. The number of esters is 3. The number of hydrogen-bond acceptors (Lipinski definition) is 8. The largest absolute Gasteiger partial charge is 0.462 e. The number of ether oxygens (including phenoxy) is 4. The first-order valence-electron chi connectivity index (χ1n) is 12.9. The molecule has 0 radical (unpaired) electrons. The van der Waals surface area contributed by atoms with Crippen LogP contribution in [0.3, 0.4) is 0 Å². The van der Waals surface area contributed by atoms with Gasteiger partial charge in [0.2, 0.25) is 0 Å². The van der Waals surface area contributed by atoms with Crippen molar-refractivity contribution in [2.45, 2.75) is 91.6 Å². The van der Waals surface area contributed by atoms with Crippen molar-refractivity contribution >= 4 is 23.7 Å². The summed E-state index contributed by atoms with van der Waals surface area (Å²) in [5.41, 5.74) is 0.722. The summed E-state index contributed by atoms with van der Waals surface area (Å²) >= 11 is 0. The third-order valence-corrected chi connectivity index (χ3v) is 8.18. The first-order valence-corrected chi connectivity index (χ1v) is 12.9. The Morgan fingerprint density at radius 2 is 1.83 bits per heavy atom. The van der Waals surface area contributed by atoms with E-state index in [1.54, 1.807) is 13.8 Å². The maximum absolute atomic E-state index is 13.3. The third-order valence-electron chi connectivity index (χ3n) is 8.18. The lowest BCUT2D eigenvalue weighted by molar-refractivity contribution is -0.183. The van der Waals surface area contributed by atoms with E-state index in [9.17, 15) is 19.2 Å². The van der Waals surface area contributed by atoms with E-state index >= 15 is 0 Å². The molecule has 3 aliphatic rings. The zero-order valence-electron chi connectivity index (χ0n) is 22.5. The molecule has 3 fully saturated rings. The summed E-state index contributed by atoms with van der Waals surface area (Å²) in [6.07, 6.45) is 0.432. The van der Waals surface area contributed by atoms with Gasteiger partial charge in [0.1, 0.15) is 18.0 Å². The molecule has 9 atom stereocenters. The van der Waals surface area contributed by atoms with Crippen LogP contribution in [0.1, 0.15) is 67.7 Å². The number of allylic oxidation sites excluding steroid dienone is 1. The second-order valence-electron chi connectivity index (χ2n) is 10.8. The molecule has 0 N–H and O–H groups in total. The van der Waals surface area contributed by atoms with E-state index in [1.807, 2.05) is 27.7 Å². The first-order chi connectivity index (χ1) is 16.8. The molecule has 2 aliphatic carbocycles. The van der Waals surface area contributed by atoms with Crippen LogP contribution in [0.4, 0.5) is 0 Å². The Hall–Kier alpha value is -2.48. The minimum absolute atomic E-state index is 0.0464. The SMILES string of the molecule is C=C1[C@@H]2CC(=O)[C@H]([C@@H](C)OC(C)=O)[C@H]2[C@H]([C@@]2(C)CO2)[C@@H](OC(=O)C(C)CC)[C@H]1OC(=O)/C=C(\C)CC. The molecule has 1 unspecified atom stereocenters. The second-order valence-corrected chi connectivity index (χ2v) is 10.8. The lowest BCUT2D eigenvalue weighted by atomic mass is 9.61. The van der Waals surface area contributed by atoms with Crippen molar-refractivity contribution in [3.05, 3.63) is 23.8 Å². The Kier molecular flexibility index (Phi) is 8.48. The van der Waals surface area contributed by atoms with Crippen LogP contribution in [0.5, 0.6) is 0 Å². The van der Waals surface area contributed by atoms with Crippen molar-refractivity contribution in [2.75, 3.05) is 6.61 Å². The van der Waals surface area contributed by atoms with Gasteiger partial charge in [-0.25, -0.2) is 4.79 Å². The summed E-state index contributed by atoms with van der Waals surface area (Å²) in [7, 11) is 0. The van der Waals surface area contributed by atoms with Crippen LogP contribution in [0.15, 0.2) is 23.8 Å². The molecule has 1 heterocycles. The van der Waals surface area contributed by atoms with Crippen LogP contribution >= 0.6 is 0 Å². The Labute approximate surface area is 213 Å². The van der Waals surface area contributed by atoms with Crippen molar-refractivity contribution in [2.24, 2.45) is 29.6 Å². The zero-order valence-corrected chi connectivity index (χ0v) is 22.5. The Morgan fingerprint density at radius 3 is 2.36 bits per heavy atom. The number of fused-ring (bicyclic) bond motifs is 1. The number of rotatable bonds is 9. The number of carbonyl (C=O) groups is 4. The van der Waals surface area contributed by atoms with Gasteiger partial charge in [0, 0.05) is 25.3 Å². The molecule has 1 aliphatic heterocycles. The average molecular weight is 505 g/mol. The molecule has 8 nitrogen and oxygen atoms in total. The molecule has 0 bridgehead atoms. The van der Waals surface area contributed by atoms with Crippen LogP contribution in [0.25, 0.3) is 0 Å². The van der Waals surface area contributed by atoms with E-state index in [0.717, 1.165) is 5.57 Å². The number of ketones is 1. The Balaban J connectivity index is 2.07. The minimum Gasteiger partial charge on any atom is -0.462 e. The van der Waals surface area contributed by atoms with Gasteiger partial charge in [0.05, 0.1) is 24.0 Å². The quantitative estimate of drug-likeness (QED) is 0.153. The van der Waals surface area contributed by atoms with E-state index in [1.165, 1.54) is 13.0 Å². The highest BCUT2D eigenvalue weighted by atomic mass is 16.6. The van der Waals surface area contributed by atoms with Gasteiger partial charge in [-0.05, 0) is 51.0 Å². The van der Waals surface area contributed by atoms with Crippen molar-refractivity contribution in [3.8, 4) is 0 Å². The topological polar surface area (TPSA) is 109 Å². The number of carbonyl (C=O) groups excluding carboxylic acids is 4. The highest BCUT2D eigenvalue weighted by Crippen LogP contribution is 2.58. The molecule has 8 heteroatoms. The number of epoxide rings is 1. The van der Waals surface area contributed by atoms with Crippen LogP contribution in [-0.4, -0.2) is 54.2 Å². The third kappa shape index (κ3) is 5.58. The lowest BCUT2D eigenvalue weighted by Crippen LogP contribution is -2.57. The monoisotopic (exact) mass is 504 g/mol. The van der Waals surface area contributed by atoms with Crippen LogP contribution in [0.2, 0.25) is 0 Å². The molecule has 36 heavy (non-hydrogen) atoms. The predicted molar refractivity (Wildman–Crippen MR) is 132 cm³/mol. The Bertz CT molecular complexity index is 945. The standard InChI is InChI=1S/C28H40O8/c1-9-14(3)11-21(31)35-25-16(5)19-12-20(30)22(17(6)34-18(7)29)23(19)24(28(8)13-33-28)26(25)36-27(32)15(4)10-2/h11,15,17,19,22-26H,5,9-10,12-13H2,1-4,6-8H3/b14-11+/t15?,17-,19+,22+,23+,24+,25+,26-,28-/m1/s1. The highest BCUT2D eigenvalue weighted by molar-refractivity contribution is 5.86. The van der Waals surface area contributed by atoms with Gasteiger partial charge in [0.25, 0.3) is 0 Å². The molecule has 0 aromatic heterocycles. The molecular weight excluding hydrogens is 464 g/mol. The van der Waals surface area contributed by atoms with Gasteiger partial charge in [-0.15, -0.1) is 0 Å². The average Bonchev–Trinajstić information content (AvgIpc) is 3.45. The minimum atomic E-state index is -0.922. The normalized spacial score (nSPS) is 35.5. The molecular formula is C28H40O8. The fourth-order valence-corrected chi connectivity index (χ4v) is 5.76. The van der Waals surface area contributed by atoms with E-state index in [0.29, 0.717) is 25.0 Å². The first kappa shape index (κ1) is 28.1. The van der Waals surface area contributed by atoms with Gasteiger partial charge >= 0.3 is 17.9 Å². The summed E-state index contributed by atoms with van der Waals surface area (Å²) in [6.45, 7) is 17.1. The van der Waals surface area contributed by atoms with Crippen molar-refractivity contribution in [1.82, 2.24) is 0 Å². The van der Waals surface area contributed by atoms with E-state index < -0.39 is 53.7 Å². The van der Waals surface area contributed by atoms with Crippen LogP contribution < -0.4 is 0 Å². The maximum atomic E-state index is 13.3. The summed E-state index contributed by atoms with van der Waals surface area (Å²) in [6, 6.07) is 0. The molecule has 0 aromatic rings. The fraction of sp³-hybridized carbons (Fsp3) is 0.714. The molecule has 200 valence electrons. The van der Waals surface area contributed by atoms with Crippen molar-refractivity contribution in [3.63, 3.8) is 0 Å². The summed E-state index contributed by atoms with van der Waals surface area (Å²) in [4.78, 5) is 50.9. The second kappa shape index (κ2) is 10.9. The fourth-order valence-electron chi connectivity index (χ4n) is 5.76. The summed E-state index contributed by atoms with van der Waals surface area (Å²) in [5.74, 6) is -3.54. The lowest BCUT2D eigenvalue weighted by Gasteiger charge is -2.48. The predicted octanol–water partition coefficient (Wildman–Crippen LogP) is 3.96. The van der Waals surface area contributed by atoms with Gasteiger partial charge in [0.15, 0.2) is 6.10 Å². The molecule has 0 spiro atoms. The van der Waals surface area contributed by atoms with Crippen LogP contribution in [0, 0.1) is 29.6 Å². The molecule has 0 amide bonds. The van der Waals surface area contributed by atoms with E-state index in [4.69, 9.17) is 18.9 Å². The van der Waals surface area contributed by atoms with Crippen LogP contribution in [-0.2, 0) is 38.1 Å². The van der Waals surface area contributed by atoms with Crippen molar-refractivity contribution in [1.29, 1.82) is 0 Å². The van der Waals surface area contributed by atoms with Crippen molar-refractivity contribution < 1.29 is 38.1 Å². The maximum Gasteiger partial charge on any atom is 0.331 e. The molecule has 3 rings (SSSR count). The van der Waals surface area contributed by atoms with Gasteiger partial charge in [-0.2, -0.15) is 0 Å². The summed E-state index contributed by atoms with van der Waals surface area (Å²) in [5, 5.41) is 0. The Morgan fingerprint density at radius 1 is 1.19 bits per heavy atom. The molecule has 1 saturated heterocycles. The molecule has 0 aromatic carbocycles. The van der Waals surface area contributed by atoms with E-state index in [2.05, 4.69) is 6.58 Å².